The number of aromatic nitrogens is 1. The van der Waals surface area contributed by atoms with E-state index in [2.05, 4.69) is 10.3 Å². The molecule has 14 heavy (non-hydrogen) atoms. The van der Waals surface area contributed by atoms with Gasteiger partial charge in [-0.2, -0.15) is 0 Å². The topological polar surface area (TPSA) is 62.2 Å². The van der Waals surface area contributed by atoms with E-state index in [0.29, 0.717) is 11.3 Å². The molecular formula is C10H14N2O2. The summed E-state index contributed by atoms with van der Waals surface area (Å²) in [6.45, 7) is 3.89. The Labute approximate surface area is 83.0 Å². The van der Waals surface area contributed by atoms with E-state index in [-0.39, 0.29) is 19.1 Å². The molecule has 1 aromatic rings. The van der Waals surface area contributed by atoms with Gasteiger partial charge in [0.2, 0.25) is 0 Å². The van der Waals surface area contributed by atoms with Gasteiger partial charge in [0.15, 0.2) is 0 Å². The third-order valence-electron chi connectivity index (χ3n) is 1.87. The first-order chi connectivity index (χ1) is 6.65. The molecular weight excluding hydrogens is 180 g/mol. The van der Waals surface area contributed by atoms with Gasteiger partial charge in [-0.1, -0.05) is 0 Å². The van der Waals surface area contributed by atoms with Crippen molar-refractivity contribution in [1.82, 2.24) is 10.3 Å². The molecule has 0 aromatic carbocycles. The molecule has 0 aliphatic carbocycles. The Bertz CT molecular complexity index is 337. The third-order valence-corrected chi connectivity index (χ3v) is 1.87. The van der Waals surface area contributed by atoms with Gasteiger partial charge < -0.3 is 10.4 Å². The number of amides is 1. The molecule has 0 bridgehead atoms. The predicted octanol–water partition coefficient (Wildman–Crippen LogP) is 0.421. The third kappa shape index (κ3) is 2.53. The Morgan fingerprint density at radius 2 is 2.21 bits per heavy atom. The molecule has 1 heterocycles. The first kappa shape index (κ1) is 10.7. The number of aliphatic hydroxyl groups is 1. The highest BCUT2D eigenvalue weighted by Gasteiger charge is 2.08. The number of hydrogen-bond acceptors (Lipinski definition) is 3. The molecule has 0 spiro atoms. The van der Waals surface area contributed by atoms with Gasteiger partial charge in [0, 0.05) is 12.2 Å². The van der Waals surface area contributed by atoms with E-state index in [1.807, 2.05) is 6.92 Å². The van der Waals surface area contributed by atoms with Gasteiger partial charge >= 0.3 is 0 Å². The smallest absolute Gasteiger partial charge is 0.253 e. The zero-order valence-corrected chi connectivity index (χ0v) is 8.37. The van der Waals surface area contributed by atoms with E-state index in [1.165, 1.54) is 0 Å². The first-order valence-corrected chi connectivity index (χ1v) is 4.48. The van der Waals surface area contributed by atoms with E-state index in [0.717, 1.165) is 5.69 Å². The molecule has 1 amide bonds. The van der Waals surface area contributed by atoms with Gasteiger partial charge in [-0.05, 0) is 26.0 Å². The van der Waals surface area contributed by atoms with Crippen molar-refractivity contribution in [2.75, 3.05) is 13.2 Å². The lowest BCUT2D eigenvalue weighted by atomic mass is 10.2. The molecule has 76 valence electrons. The lowest BCUT2D eigenvalue weighted by Gasteiger charge is -2.06. The minimum Gasteiger partial charge on any atom is -0.395 e. The molecule has 1 aromatic heterocycles. The fourth-order valence-electron chi connectivity index (χ4n) is 1.19. The first-order valence-electron chi connectivity index (χ1n) is 4.48. The highest BCUT2D eigenvalue weighted by Crippen LogP contribution is 2.05. The Morgan fingerprint density at radius 3 is 2.79 bits per heavy atom. The molecule has 2 N–H and O–H groups in total. The zero-order chi connectivity index (χ0) is 10.6. The molecule has 4 heteroatoms. The van der Waals surface area contributed by atoms with E-state index >= 15 is 0 Å². The lowest BCUT2D eigenvalue weighted by molar-refractivity contribution is 0.0943. The molecule has 0 fully saturated rings. The van der Waals surface area contributed by atoms with E-state index < -0.39 is 0 Å². The molecule has 0 unspecified atom stereocenters. The minimum absolute atomic E-state index is 0.0515. The van der Waals surface area contributed by atoms with Crippen LogP contribution >= 0.6 is 0 Å². The highest BCUT2D eigenvalue weighted by atomic mass is 16.3. The average molecular weight is 194 g/mol. The van der Waals surface area contributed by atoms with Crippen LogP contribution in [0.1, 0.15) is 21.7 Å². The van der Waals surface area contributed by atoms with Gasteiger partial charge in [-0.15, -0.1) is 0 Å². The lowest BCUT2D eigenvalue weighted by Crippen LogP contribution is -2.27. The fourth-order valence-corrected chi connectivity index (χ4v) is 1.19. The van der Waals surface area contributed by atoms with Crippen LogP contribution in [0.2, 0.25) is 0 Å². The summed E-state index contributed by atoms with van der Waals surface area (Å²) in [7, 11) is 0. The summed E-state index contributed by atoms with van der Waals surface area (Å²) in [6, 6.07) is 3.53. The molecule has 0 atom stereocenters. The summed E-state index contributed by atoms with van der Waals surface area (Å²) in [5.41, 5.74) is 2.16. The van der Waals surface area contributed by atoms with E-state index in [1.54, 1.807) is 19.1 Å². The Morgan fingerprint density at radius 1 is 1.50 bits per heavy atom. The molecule has 0 aliphatic heterocycles. The maximum absolute atomic E-state index is 11.5. The second kappa shape index (κ2) is 4.72. The van der Waals surface area contributed by atoms with Crippen molar-refractivity contribution >= 4 is 5.91 Å². The number of hydrogen-bond donors (Lipinski definition) is 2. The molecule has 4 nitrogen and oxygen atoms in total. The number of carbonyl (C=O) groups is 1. The molecule has 1 rings (SSSR count). The number of aryl methyl sites for hydroxylation is 2. The van der Waals surface area contributed by atoms with Crippen LogP contribution in [0.15, 0.2) is 12.1 Å². The normalized spacial score (nSPS) is 9.93. The van der Waals surface area contributed by atoms with Crippen molar-refractivity contribution in [2.45, 2.75) is 13.8 Å². The van der Waals surface area contributed by atoms with Gasteiger partial charge in [0.25, 0.3) is 5.91 Å². The van der Waals surface area contributed by atoms with Crippen molar-refractivity contribution < 1.29 is 9.90 Å². The van der Waals surface area contributed by atoms with Crippen LogP contribution < -0.4 is 5.32 Å². The van der Waals surface area contributed by atoms with Crippen LogP contribution in [-0.2, 0) is 0 Å². The largest absolute Gasteiger partial charge is 0.395 e. The maximum atomic E-state index is 11.5. The standard InChI is InChI=1S/C10H14N2O2/c1-7-3-4-9(8(2)12-7)10(14)11-5-6-13/h3-4,13H,5-6H2,1-2H3,(H,11,14). The van der Waals surface area contributed by atoms with E-state index in [9.17, 15) is 4.79 Å². The maximum Gasteiger partial charge on any atom is 0.253 e. The van der Waals surface area contributed by atoms with Gasteiger partial charge in [-0.3, -0.25) is 9.78 Å². The summed E-state index contributed by atoms with van der Waals surface area (Å²) in [4.78, 5) is 15.7. The fraction of sp³-hybridized carbons (Fsp3) is 0.400. The predicted molar refractivity (Wildman–Crippen MR) is 53.1 cm³/mol. The average Bonchev–Trinajstić information content (AvgIpc) is 2.14. The summed E-state index contributed by atoms with van der Waals surface area (Å²) in [5, 5.41) is 11.1. The van der Waals surface area contributed by atoms with Crippen molar-refractivity contribution in [1.29, 1.82) is 0 Å². The van der Waals surface area contributed by atoms with Crippen LogP contribution in [-0.4, -0.2) is 29.1 Å². The Balaban J connectivity index is 2.80. The summed E-state index contributed by atoms with van der Waals surface area (Å²) < 4.78 is 0. The summed E-state index contributed by atoms with van der Waals surface area (Å²) >= 11 is 0. The van der Waals surface area contributed by atoms with Gasteiger partial charge in [0.05, 0.1) is 17.9 Å². The highest BCUT2D eigenvalue weighted by molar-refractivity contribution is 5.95. The number of carbonyl (C=O) groups excluding carboxylic acids is 1. The Kier molecular flexibility index (Phi) is 3.59. The SMILES string of the molecule is Cc1ccc(C(=O)NCCO)c(C)n1. The van der Waals surface area contributed by atoms with Crippen molar-refractivity contribution in [2.24, 2.45) is 0 Å². The van der Waals surface area contributed by atoms with Crippen LogP contribution in [0.25, 0.3) is 0 Å². The summed E-state index contributed by atoms with van der Waals surface area (Å²) in [5.74, 6) is -0.191. The quantitative estimate of drug-likeness (QED) is 0.733. The van der Waals surface area contributed by atoms with Crippen molar-refractivity contribution in [3.63, 3.8) is 0 Å². The second-order valence-corrected chi connectivity index (χ2v) is 3.07. The monoisotopic (exact) mass is 194 g/mol. The van der Waals surface area contributed by atoms with Crippen LogP contribution in [0.3, 0.4) is 0 Å². The van der Waals surface area contributed by atoms with Gasteiger partial charge in [-0.25, -0.2) is 0 Å². The Hall–Kier alpha value is -1.42. The van der Waals surface area contributed by atoms with Crippen LogP contribution in [0.5, 0.6) is 0 Å². The minimum atomic E-state index is -0.191. The van der Waals surface area contributed by atoms with Crippen molar-refractivity contribution in [3.8, 4) is 0 Å². The molecule has 0 radical (unpaired) electrons. The van der Waals surface area contributed by atoms with Crippen LogP contribution in [0, 0.1) is 13.8 Å². The molecule has 0 saturated heterocycles. The summed E-state index contributed by atoms with van der Waals surface area (Å²) in [6.07, 6.45) is 0. The molecule has 0 saturated carbocycles. The number of pyridine rings is 1. The number of aliphatic hydroxyl groups excluding tert-OH is 1. The second-order valence-electron chi connectivity index (χ2n) is 3.07. The van der Waals surface area contributed by atoms with Crippen molar-refractivity contribution in [3.05, 3.63) is 29.1 Å². The number of nitrogens with one attached hydrogen (secondary N) is 1. The zero-order valence-electron chi connectivity index (χ0n) is 8.37. The number of nitrogens with zero attached hydrogens (tertiary/aromatic N) is 1. The molecule has 0 aliphatic rings. The van der Waals surface area contributed by atoms with E-state index in [4.69, 9.17) is 5.11 Å². The van der Waals surface area contributed by atoms with Crippen LogP contribution in [0.4, 0.5) is 0 Å². The number of rotatable bonds is 3. The van der Waals surface area contributed by atoms with Gasteiger partial charge in [0.1, 0.15) is 0 Å².